The highest BCUT2D eigenvalue weighted by Gasteiger charge is 2.38. The van der Waals surface area contributed by atoms with Crippen molar-refractivity contribution in [3.05, 3.63) is 12.7 Å². The largest absolute Gasteiger partial charge is 0.394 e. The van der Waals surface area contributed by atoms with Gasteiger partial charge in [-0.25, -0.2) is 9.67 Å². The van der Waals surface area contributed by atoms with Crippen LogP contribution in [0.25, 0.3) is 0 Å². The molecule has 0 amide bonds. The SMILES string of the molecule is OCC1(n2cncn2)CCC1. The van der Waals surface area contributed by atoms with E-state index in [-0.39, 0.29) is 12.1 Å². The van der Waals surface area contributed by atoms with Crippen LogP contribution in [0.2, 0.25) is 0 Å². The summed E-state index contributed by atoms with van der Waals surface area (Å²) in [6.07, 6.45) is 6.41. The van der Waals surface area contributed by atoms with Gasteiger partial charge in [-0.3, -0.25) is 0 Å². The van der Waals surface area contributed by atoms with Crippen LogP contribution in [-0.2, 0) is 5.54 Å². The molecule has 0 saturated heterocycles. The molecule has 0 spiro atoms. The van der Waals surface area contributed by atoms with E-state index in [9.17, 15) is 0 Å². The van der Waals surface area contributed by atoms with Gasteiger partial charge in [0, 0.05) is 0 Å². The lowest BCUT2D eigenvalue weighted by Crippen LogP contribution is -2.44. The second-order valence-electron chi connectivity index (χ2n) is 3.08. The van der Waals surface area contributed by atoms with E-state index in [0.717, 1.165) is 12.8 Å². The molecular formula is C7H11N3O. The van der Waals surface area contributed by atoms with Crippen LogP contribution >= 0.6 is 0 Å². The maximum Gasteiger partial charge on any atom is 0.137 e. The van der Waals surface area contributed by atoms with Gasteiger partial charge in [0.2, 0.25) is 0 Å². The number of hydrogen-bond acceptors (Lipinski definition) is 3. The number of nitrogens with zero attached hydrogens (tertiary/aromatic N) is 3. The van der Waals surface area contributed by atoms with Crippen LogP contribution in [0.15, 0.2) is 12.7 Å². The molecule has 1 aromatic heterocycles. The average molecular weight is 153 g/mol. The van der Waals surface area contributed by atoms with Crippen LogP contribution in [0.3, 0.4) is 0 Å². The van der Waals surface area contributed by atoms with Gasteiger partial charge in [0.25, 0.3) is 0 Å². The summed E-state index contributed by atoms with van der Waals surface area (Å²) in [5.74, 6) is 0. The summed E-state index contributed by atoms with van der Waals surface area (Å²) >= 11 is 0. The van der Waals surface area contributed by atoms with Crippen LogP contribution in [0.1, 0.15) is 19.3 Å². The molecule has 0 radical (unpaired) electrons. The number of hydrogen-bond donors (Lipinski definition) is 1. The molecule has 1 saturated carbocycles. The summed E-state index contributed by atoms with van der Waals surface area (Å²) in [6.45, 7) is 0.177. The van der Waals surface area contributed by atoms with Crippen molar-refractivity contribution in [3.8, 4) is 0 Å². The van der Waals surface area contributed by atoms with E-state index in [4.69, 9.17) is 5.11 Å². The standard InChI is InChI=1S/C7H11N3O/c11-4-7(2-1-3-7)10-6-8-5-9-10/h5-6,11H,1-4H2. The number of rotatable bonds is 2. The fourth-order valence-corrected chi connectivity index (χ4v) is 1.50. The predicted octanol–water partition coefficient (Wildman–Crippen LogP) is 0.150. The molecule has 1 aliphatic carbocycles. The third-order valence-corrected chi connectivity index (χ3v) is 2.48. The number of aliphatic hydroxyl groups excluding tert-OH is 1. The van der Waals surface area contributed by atoms with E-state index < -0.39 is 0 Å². The molecule has 60 valence electrons. The molecule has 0 atom stereocenters. The molecular weight excluding hydrogens is 142 g/mol. The van der Waals surface area contributed by atoms with E-state index in [1.807, 2.05) is 0 Å². The van der Waals surface area contributed by atoms with Gasteiger partial charge in [0.05, 0.1) is 12.1 Å². The van der Waals surface area contributed by atoms with Crippen molar-refractivity contribution in [1.82, 2.24) is 14.8 Å². The monoisotopic (exact) mass is 153 g/mol. The average Bonchev–Trinajstić information content (AvgIpc) is 2.39. The molecule has 4 nitrogen and oxygen atoms in total. The normalized spacial score (nSPS) is 21.2. The third kappa shape index (κ3) is 0.860. The van der Waals surface area contributed by atoms with Crippen LogP contribution in [-0.4, -0.2) is 26.5 Å². The van der Waals surface area contributed by atoms with Gasteiger partial charge in [-0.2, -0.15) is 5.10 Å². The van der Waals surface area contributed by atoms with Crippen molar-refractivity contribution in [1.29, 1.82) is 0 Å². The Morgan fingerprint density at radius 2 is 2.36 bits per heavy atom. The quantitative estimate of drug-likeness (QED) is 0.658. The molecule has 11 heavy (non-hydrogen) atoms. The first-order chi connectivity index (χ1) is 5.37. The molecule has 2 rings (SSSR count). The topological polar surface area (TPSA) is 50.9 Å². The molecule has 1 aliphatic rings. The highest BCUT2D eigenvalue weighted by Crippen LogP contribution is 2.37. The highest BCUT2D eigenvalue weighted by molar-refractivity contribution is 4.92. The van der Waals surface area contributed by atoms with Crippen molar-refractivity contribution in [2.75, 3.05) is 6.61 Å². The van der Waals surface area contributed by atoms with Gasteiger partial charge in [0.15, 0.2) is 0 Å². The van der Waals surface area contributed by atoms with E-state index in [0.29, 0.717) is 0 Å². The zero-order valence-corrected chi connectivity index (χ0v) is 6.27. The smallest absolute Gasteiger partial charge is 0.137 e. The zero-order valence-electron chi connectivity index (χ0n) is 6.27. The van der Waals surface area contributed by atoms with Crippen LogP contribution in [0.5, 0.6) is 0 Å². The van der Waals surface area contributed by atoms with E-state index in [1.54, 1.807) is 11.0 Å². The first-order valence-corrected chi connectivity index (χ1v) is 3.83. The van der Waals surface area contributed by atoms with Crippen molar-refractivity contribution in [3.63, 3.8) is 0 Å². The summed E-state index contributed by atoms with van der Waals surface area (Å²) in [5, 5.41) is 13.1. The fourth-order valence-electron chi connectivity index (χ4n) is 1.50. The van der Waals surface area contributed by atoms with Gasteiger partial charge < -0.3 is 5.11 Å². The summed E-state index contributed by atoms with van der Waals surface area (Å²) in [7, 11) is 0. The molecule has 1 fully saturated rings. The first kappa shape index (κ1) is 6.79. The Hall–Kier alpha value is -0.900. The maximum atomic E-state index is 9.12. The Morgan fingerprint density at radius 1 is 1.55 bits per heavy atom. The summed E-state index contributed by atoms with van der Waals surface area (Å²) in [5.41, 5.74) is -0.115. The van der Waals surface area contributed by atoms with Crippen LogP contribution < -0.4 is 0 Å². The minimum Gasteiger partial charge on any atom is -0.394 e. The van der Waals surface area contributed by atoms with Crippen molar-refractivity contribution in [2.45, 2.75) is 24.8 Å². The molecule has 0 aliphatic heterocycles. The lowest BCUT2D eigenvalue weighted by atomic mass is 9.78. The molecule has 1 N–H and O–H groups in total. The van der Waals surface area contributed by atoms with Crippen molar-refractivity contribution < 1.29 is 5.11 Å². The van der Waals surface area contributed by atoms with Crippen molar-refractivity contribution >= 4 is 0 Å². The fraction of sp³-hybridized carbons (Fsp3) is 0.714. The Bertz CT molecular complexity index is 222. The van der Waals surface area contributed by atoms with E-state index in [2.05, 4.69) is 10.1 Å². The van der Waals surface area contributed by atoms with Gasteiger partial charge >= 0.3 is 0 Å². The minimum atomic E-state index is -0.115. The lowest BCUT2D eigenvalue weighted by Gasteiger charge is -2.39. The number of aliphatic hydroxyl groups is 1. The predicted molar refractivity (Wildman–Crippen MR) is 38.9 cm³/mol. The molecule has 0 unspecified atom stereocenters. The van der Waals surface area contributed by atoms with Crippen LogP contribution in [0.4, 0.5) is 0 Å². The third-order valence-electron chi connectivity index (χ3n) is 2.48. The zero-order chi connectivity index (χ0) is 7.73. The van der Waals surface area contributed by atoms with Crippen LogP contribution in [0, 0.1) is 0 Å². The highest BCUT2D eigenvalue weighted by atomic mass is 16.3. The molecule has 4 heteroatoms. The minimum absolute atomic E-state index is 0.115. The second kappa shape index (κ2) is 2.30. The van der Waals surface area contributed by atoms with Gasteiger partial charge in [-0.05, 0) is 19.3 Å². The summed E-state index contributed by atoms with van der Waals surface area (Å²) < 4.78 is 1.77. The second-order valence-corrected chi connectivity index (χ2v) is 3.08. The van der Waals surface area contributed by atoms with Crippen molar-refractivity contribution in [2.24, 2.45) is 0 Å². The van der Waals surface area contributed by atoms with E-state index >= 15 is 0 Å². The Kier molecular flexibility index (Phi) is 1.42. The molecule has 0 bridgehead atoms. The Balaban J connectivity index is 2.25. The van der Waals surface area contributed by atoms with Gasteiger partial charge in [0.1, 0.15) is 12.7 Å². The van der Waals surface area contributed by atoms with Gasteiger partial charge in [-0.15, -0.1) is 0 Å². The number of aromatic nitrogens is 3. The van der Waals surface area contributed by atoms with E-state index in [1.165, 1.54) is 12.7 Å². The summed E-state index contributed by atoms with van der Waals surface area (Å²) in [6, 6.07) is 0. The Morgan fingerprint density at radius 3 is 2.73 bits per heavy atom. The molecule has 1 aromatic rings. The summed E-state index contributed by atoms with van der Waals surface area (Å²) in [4.78, 5) is 3.86. The Labute approximate surface area is 64.9 Å². The molecule has 0 aromatic carbocycles. The first-order valence-electron chi connectivity index (χ1n) is 3.83. The van der Waals surface area contributed by atoms with Gasteiger partial charge in [-0.1, -0.05) is 0 Å². The lowest BCUT2D eigenvalue weighted by molar-refractivity contribution is 0.0435. The molecule has 1 heterocycles. The maximum absolute atomic E-state index is 9.12.